The first-order valence-electron chi connectivity index (χ1n) is 20.1. The standard InChI is InChI=1S/C42H64N4O6.ClH/c1-4-6-7-8-9-10-11-12-13-14-15-16-17-18-19-21-29-43-41(49)51-33-36-24-26-37(27-25-36)40(48)45-31-28-39(45)34-52-42(50)46(35(3)47)32-38-23-20-22-30-44(38)5-2;/h20,22-27,30,39H,4-19,21,28-29,31-34H2,1-3H3;1H. The predicted octanol–water partition coefficient (Wildman–Crippen LogP) is 5.89. The quantitative estimate of drug-likeness (QED) is 0.100. The van der Waals surface area contributed by atoms with E-state index in [1.807, 2.05) is 35.9 Å². The first-order valence-corrected chi connectivity index (χ1v) is 20.1. The number of hydrogen-bond acceptors (Lipinski definition) is 6. The molecule has 11 heteroatoms. The molecule has 4 amide bonds. The van der Waals surface area contributed by atoms with Crippen molar-refractivity contribution in [1.82, 2.24) is 15.1 Å². The second-order valence-corrected chi connectivity index (χ2v) is 14.1. The summed E-state index contributed by atoms with van der Waals surface area (Å²) >= 11 is 0. The van der Waals surface area contributed by atoms with Gasteiger partial charge in [0.25, 0.3) is 5.91 Å². The molecule has 0 radical (unpaired) electrons. The summed E-state index contributed by atoms with van der Waals surface area (Å²) in [5.74, 6) is -0.567. The van der Waals surface area contributed by atoms with Gasteiger partial charge < -0.3 is 32.1 Å². The summed E-state index contributed by atoms with van der Waals surface area (Å²) in [6, 6.07) is 12.4. The van der Waals surface area contributed by atoms with Gasteiger partial charge in [-0.1, -0.05) is 121 Å². The normalized spacial score (nSPS) is 13.4. The molecule has 0 bridgehead atoms. The Kier molecular flexibility index (Phi) is 23.2. The van der Waals surface area contributed by atoms with E-state index in [2.05, 4.69) is 12.2 Å². The maximum atomic E-state index is 13.2. The number of aryl methyl sites for hydroxylation is 1. The summed E-state index contributed by atoms with van der Waals surface area (Å²) < 4.78 is 12.8. The lowest BCUT2D eigenvalue weighted by molar-refractivity contribution is -0.701. The molecule has 1 N–H and O–H groups in total. The minimum absolute atomic E-state index is 0. The number of halogens is 1. The Morgan fingerprint density at radius 3 is 1.91 bits per heavy atom. The third-order valence-electron chi connectivity index (χ3n) is 9.97. The number of likely N-dealkylation sites (tertiary alicyclic amines) is 1. The molecule has 296 valence electrons. The third-order valence-corrected chi connectivity index (χ3v) is 9.97. The van der Waals surface area contributed by atoms with E-state index < -0.39 is 18.1 Å². The van der Waals surface area contributed by atoms with Gasteiger partial charge in [-0.25, -0.2) is 19.1 Å². The van der Waals surface area contributed by atoms with Crippen LogP contribution in [-0.4, -0.2) is 59.5 Å². The molecule has 2 aromatic rings. The first kappa shape index (κ1) is 45.5. The smallest absolute Gasteiger partial charge is 0.417 e. The number of ether oxygens (including phenoxy) is 2. The molecule has 10 nitrogen and oxygen atoms in total. The molecule has 53 heavy (non-hydrogen) atoms. The Labute approximate surface area is 324 Å². The number of hydrogen-bond donors (Lipinski definition) is 1. The molecule has 3 rings (SSSR count). The Balaban J connectivity index is 0.00000972. The Morgan fingerprint density at radius 2 is 1.38 bits per heavy atom. The van der Waals surface area contributed by atoms with Crippen molar-refractivity contribution in [2.45, 2.75) is 156 Å². The molecule has 2 heterocycles. The number of carbonyl (C=O) groups excluding carboxylic acids is 4. The Bertz CT molecular complexity index is 1360. The van der Waals surface area contributed by atoms with E-state index in [0.29, 0.717) is 31.6 Å². The Hall–Kier alpha value is -3.66. The summed E-state index contributed by atoms with van der Waals surface area (Å²) in [6.07, 6.45) is 22.5. The monoisotopic (exact) mass is 756 g/mol. The van der Waals surface area contributed by atoms with Crippen molar-refractivity contribution in [3.8, 4) is 0 Å². The van der Waals surface area contributed by atoms with Crippen LogP contribution in [0.3, 0.4) is 0 Å². The maximum Gasteiger partial charge on any atom is 0.417 e. The van der Waals surface area contributed by atoms with E-state index >= 15 is 0 Å². The molecule has 0 spiro atoms. The summed E-state index contributed by atoms with van der Waals surface area (Å²) in [5, 5.41) is 2.84. The number of alkyl carbamates (subject to hydrolysis) is 1. The highest BCUT2D eigenvalue weighted by molar-refractivity contribution is 5.95. The van der Waals surface area contributed by atoms with Gasteiger partial charge in [-0.2, -0.15) is 0 Å². The van der Waals surface area contributed by atoms with E-state index in [4.69, 9.17) is 9.47 Å². The van der Waals surface area contributed by atoms with E-state index in [1.165, 1.54) is 96.8 Å². The van der Waals surface area contributed by atoms with Crippen LogP contribution in [0, 0.1) is 0 Å². The number of imide groups is 1. The molecule has 1 aliphatic heterocycles. The number of amides is 4. The number of rotatable bonds is 25. The summed E-state index contributed by atoms with van der Waals surface area (Å²) in [6.45, 7) is 7.71. The van der Waals surface area contributed by atoms with E-state index in [0.717, 1.165) is 29.0 Å². The minimum atomic E-state index is -0.725. The number of unbranched alkanes of at least 4 members (excludes halogenated alkanes) is 15. The summed E-state index contributed by atoms with van der Waals surface area (Å²) in [5.41, 5.74) is 2.11. The van der Waals surface area contributed by atoms with E-state index in [-0.39, 0.29) is 44.1 Å². The van der Waals surface area contributed by atoms with Crippen molar-refractivity contribution >= 4 is 24.0 Å². The molecular weight excluding hydrogens is 692 g/mol. The average molecular weight is 757 g/mol. The SMILES string of the molecule is CCCCCCCCCCCCCCCCCCNC(=O)OCc1ccc(C(=O)N2CCC2COC(=O)N(Cc2cccc[n+]2CC)C(C)=O)cc1.[Cl-]. The second-order valence-electron chi connectivity index (χ2n) is 14.1. The van der Waals surface area contributed by atoms with Crippen molar-refractivity contribution in [2.75, 3.05) is 19.7 Å². The number of pyridine rings is 1. The summed E-state index contributed by atoms with van der Waals surface area (Å²) in [4.78, 5) is 53.2. The maximum absolute atomic E-state index is 13.2. The van der Waals surface area contributed by atoms with E-state index in [1.54, 1.807) is 29.2 Å². The van der Waals surface area contributed by atoms with Crippen LogP contribution in [-0.2, 0) is 34.0 Å². The average Bonchev–Trinajstić information content (AvgIpc) is 3.13. The van der Waals surface area contributed by atoms with Gasteiger partial charge in [0.2, 0.25) is 11.6 Å². The first-order chi connectivity index (χ1) is 25.3. The van der Waals surface area contributed by atoms with Gasteiger partial charge in [0.1, 0.15) is 26.3 Å². The molecule has 1 atom stereocenters. The lowest BCUT2D eigenvalue weighted by Gasteiger charge is -2.40. The summed E-state index contributed by atoms with van der Waals surface area (Å²) in [7, 11) is 0. The minimum Gasteiger partial charge on any atom is -1.00 e. The molecule has 1 aromatic heterocycles. The van der Waals surface area contributed by atoms with Crippen molar-refractivity contribution in [3.63, 3.8) is 0 Å². The lowest BCUT2D eigenvalue weighted by atomic mass is 10.0. The van der Waals surface area contributed by atoms with Crippen molar-refractivity contribution in [2.24, 2.45) is 0 Å². The Morgan fingerprint density at radius 1 is 0.792 bits per heavy atom. The molecule has 0 saturated carbocycles. The highest BCUT2D eigenvalue weighted by atomic mass is 35.5. The van der Waals surface area contributed by atoms with Crippen LogP contribution in [0.4, 0.5) is 9.59 Å². The van der Waals surface area contributed by atoms with Crippen LogP contribution >= 0.6 is 0 Å². The third kappa shape index (κ3) is 17.4. The largest absolute Gasteiger partial charge is 1.00 e. The zero-order valence-corrected chi connectivity index (χ0v) is 33.4. The van der Waals surface area contributed by atoms with Crippen molar-refractivity contribution in [1.29, 1.82) is 0 Å². The topological polar surface area (TPSA) is 109 Å². The number of benzene rings is 1. The van der Waals surface area contributed by atoms with Gasteiger partial charge in [0.05, 0.1) is 6.04 Å². The van der Waals surface area contributed by atoms with Crippen LogP contribution in [0.15, 0.2) is 48.7 Å². The molecule has 0 aliphatic carbocycles. The zero-order chi connectivity index (χ0) is 37.4. The van der Waals surface area contributed by atoms with Gasteiger partial charge >= 0.3 is 12.2 Å². The van der Waals surface area contributed by atoms with Crippen molar-refractivity contribution < 1.29 is 45.6 Å². The molecule has 1 saturated heterocycles. The van der Waals surface area contributed by atoms with Crippen LogP contribution in [0.1, 0.15) is 152 Å². The molecule has 1 aliphatic rings. The molecule has 1 unspecified atom stereocenters. The fourth-order valence-corrected chi connectivity index (χ4v) is 6.53. The number of nitrogens with one attached hydrogen (secondary N) is 1. The predicted molar refractivity (Wildman–Crippen MR) is 204 cm³/mol. The van der Waals surface area contributed by atoms with Crippen LogP contribution < -0.4 is 22.3 Å². The zero-order valence-electron chi connectivity index (χ0n) is 32.6. The van der Waals surface area contributed by atoms with Crippen LogP contribution in [0.5, 0.6) is 0 Å². The van der Waals surface area contributed by atoms with Gasteiger partial charge in [-0.15, -0.1) is 0 Å². The fraction of sp³-hybridized carbons (Fsp3) is 0.643. The molecule has 1 aromatic carbocycles. The fourth-order valence-electron chi connectivity index (χ4n) is 6.53. The van der Waals surface area contributed by atoms with E-state index in [9.17, 15) is 19.2 Å². The number of nitrogens with zero attached hydrogens (tertiary/aromatic N) is 3. The number of carbonyl (C=O) groups is 4. The second kappa shape index (κ2) is 27.0. The van der Waals surface area contributed by atoms with Gasteiger partial charge in [0, 0.05) is 37.7 Å². The van der Waals surface area contributed by atoms with Crippen LogP contribution in [0.25, 0.3) is 0 Å². The highest BCUT2D eigenvalue weighted by Gasteiger charge is 2.35. The van der Waals surface area contributed by atoms with Crippen LogP contribution in [0.2, 0.25) is 0 Å². The van der Waals surface area contributed by atoms with Gasteiger partial charge in [-0.05, 0) is 37.5 Å². The molecular formula is C42H65ClN4O6. The van der Waals surface area contributed by atoms with Gasteiger partial charge in [-0.3, -0.25) is 9.59 Å². The highest BCUT2D eigenvalue weighted by Crippen LogP contribution is 2.22. The van der Waals surface area contributed by atoms with Gasteiger partial charge in [0.15, 0.2) is 6.20 Å². The molecule has 1 fully saturated rings. The van der Waals surface area contributed by atoms with Crippen molar-refractivity contribution in [3.05, 3.63) is 65.5 Å². The number of aromatic nitrogens is 1. The lowest BCUT2D eigenvalue weighted by Crippen LogP contribution is -3.00.